The fraction of sp³-hybridized carbons (Fsp3) is 0.533. The van der Waals surface area contributed by atoms with Crippen LogP contribution in [0.5, 0.6) is 0 Å². The van der Waals surface area contributed by atoms with Crippen LogP contribution in [0.2, 0.25) is 0 Å². The van der Waals surface area contributed by atoms with Crippen LogP contribution >= 0.6 is 0 Å². The number of rotatable bonds is 4. The van der Waals surface area contributed by atoms with Crippen molar-refractivity contribution >= 4 is 5.91 Å². The molecule has 0 aromatic heterocycles. The van der Waals surface area contributed by atoms with Gasteiger partial charge >= 0.3 is 0 Å². The van der Waals surface area contributed by atoms with Crippen molar-refractivity contribution in [2.24, 2.45) is 11.7 Å². The summed E-state index contributed by atoms with van der Waals surface area (Å²) < 4.78 is 13.4. The lowest BCUT2D eigenvalue weighted by molar-refractivity contribution is -0.125. The van der Waals surface area contributed by atoms with Crippen LogP contribution in [0, 0.1) is 11.7 Å². The fourth-order valence-corrected chi connectivity index (χ4v) is 2.55. The first-order chi connectivity index (χ1) is 9.16. The molecule has 1 aromatic rings. The van der Waals surface area contributed by atoms with Crippen molar-refractivity contribution in [1.82, 2.24) is 5.32 Å². The smallest absolute Gasteiger partial charge is 0.223 e. The van der Waals surface area contributed by atoms with Crippen LogP contribution in [-0.4, -0.2) is 18.5 Å². The van der Waals surface area contributed by atoms with Crippen LogP contribution in [0.1, 0.15) is 31.2 Å². The number of nitrogens with two attached hydrogens (primary N) is 1. The Morgan fingerprint density at radius 1 is 1.26 bits per heavy atom. The van der Waals surface area contributed by atoms with Gasteiger partial charge in [0.25, 0.3) is 0 Å². The summed E-state index contributed by atoms with van der Waals surface area (Å²) in [5.74, 6) is -0.0379. The molecule has 104 valence electrons. The molecule has 1 aliphatic rings. The lowest BCUT2D eigenvalue weighted by atomic mass is 9.86. The highest BCUT2D eigenvalue weighted by Gasteiger charge is 2.24. The van der Waals surface area contributed by atoms with Gasteiger partial charge in [0.15, 0.2) is 0 Å². The van der Waals surface area contributed by atoms with E-state index in [2.05, 4.69) is 5.32 Å². The Morgan fingerprint density at radius 3 is 2.63 bits per heavy atom. The number of halogens is 1. The Hall–Kier alpha value is -1.42. The third-order valence-corrected chi connectivity index (χ3v) is 3.79. The Bertz CT molecular complexity index is 428. The lowest BCUT2D eigenvalue weighted by Gasteiger charge is -2.25. The molecule has 0 unspecified atom stereocenters. The standard InChI is InChI=1S/C15H21FN2O/c16-14-4-2-1-3-11(14)9-10-18-15(19)12-5-7-13(17)8-6-12/h1-4,12-13H,5-10,17H2,(H,18,19). The van der Waals surface area contributed by atoms with Crippen LogP contribution < -0.4 is 11.1 Å². The van der Waals surface area contributed by atoms with E-state index in [1.165, 1.54) is 6.07 Å². The van der Waals surface area contributed by atoms with Crippen LogP contribution in [0.15, 0.2) is 24.3 Å². The van der Waals surface area contributed by atoms with E-state index in [1.54, 1.807) is 12.1 Å². The molecule has 1 amide bonds. The van der Waals surface area contributed by atoms with Crippen molar-refractivity contribution in [3.05, 3.63) is 35.6 Å². The zero-order valence-electron chi connectivity index (χ0n) is 11.1. The molecule has 19 heavy (non-hydrogen) atoms. The lowest BCUT2D eigenvalue weighted by Crippen LogP contribution is -2.37. The molecule has 0 spiro atoms. The molecule has 0 radical (unpaired) electrons. The number of hydrogen-bond acceptors (Lipinski definition) is 2. The number of carbonyl (C=O) groups is 1. The zero-order chi connectivity index (χ0) is 13.7. The second kappa shape index (κ2) is 6.66. The van der Waals surface area contributed by atoms with E-state index in [0.717, 1.165) is 25.7 Å². The van der Waals surface area contributed by atoms with Gasteiger partial charge in [-0.3, -0.25) is 4.79 Å². The maximum Gasteiger partial charge on any atom is 0.223 e. The average molecular weight is 264 g/mol. The molecule has 0 saturated heterocycles. The molecule has 3 nitrogen and oxygen atoms in total. The van der Waals surface area contributed by atoms with Gasteiger partial charge < -0.3 is 11.1 Å². The second-order valence-corrected chi connectivity index (χ2v) is 5.24. The molecule has 1 fully saturated rings. The highest BCUT2D eigenvalue weighted by Crippen LogP contribution is 2.23. The number of hydrogen-bond donors (Lipinski definition) is 2. The van der Waals surface area contributed by atoms with E-state index in [1.807, 2.05) is 6.07 Å². The summed E-state index contributed by atoms with van der Waals surface area (Å²) in [5, 5.41) is 2.90. The first-order valence-electron chi connectivity index (χ1n) is 6.93. The normalized spacial score (nSPS) is 23.1. The van der Waals surface area contributed by atoms with Gasteiger partial charge in [-0.15, -0.1) is 0 Å². The fourth-order valence-electron chi connectivity index (χ4n) is 2.55. The number of benzene rings is 1. The second-order valence-electron chi connectivity index (χ2n) is 5.24. The number of carbonyl (C=O) groups excluding carboxylic acids is 1. The molecule has 0 atom stereocenters. The van der Waals surface area contributed by atoms with Crippen molar-refractivity contribution in [2.45, 2.75) is 38.1 Å². The molecule has 3 N–H and O–H groups in total. The Labute approximate surface area is 113 Å². The predicted octanol–water partition coefficient (Wildman–Crippen LogP) is 2.00. The monoisotopic (exact) mass is 264 g/mol. The number of nitrogens with one attached hydrogen (secondary N) is 1. The molecule has 1 saturated carbocycles. The summed E-state index contributed by atoms with van der Waals surface area (Å²) in [6.45, 7) is 0.488. The zero-order valence-corrected chi connectivity index (χ0v) is 11.1. The average Bonchev–Trinajstić information content (AvgIpc) is 2.41. The molecular formula is C15H21FN2O. The van der Waals surface area contributed by atoms with Gasteiger partial charge in [-0.2, -0.15) is 0 Å². The van der Waals surface area contributed by atoms with Crippen LogP contribution in [-0.2, 0) is 11.2 Å². The van der Waals surface area contributed by atoms with Gasteiger partial charge in [-0.05, 0) is 43.7 Å². The largest absolute Gasteiger partial charge is 0.356 e. The van der Waals surface area contributed by atoms with Gasteiger partial charge in [0.1, 0.15) is 5.82 Å². The third kappa shape index (κ3) is 4.03. The van der Waals surface area contributed by atoms with Gasteiger partial charge in [0, 0.05) is 18.5 Å². The number of amides is 1. The minimum atomic E-state index is -0.208. The molecule has 0 heterocycles. The van der Waals surface area contributed by atoms with E-state index >= 15 is 0 Å². The highest BCUT2D eigenvalue weighted by atomic mass is 19.1. The summed E-state index contributed by atoms with van der Waals surface area (Å²) >= 11 is 0. The first-order valence-corrected chi connectivity index (χ1v) is 6.93. The van der Waals surface area contributed by atoms with Crippen molar-refractivity contribution in [3.63, 3.8) is 0 Å². The van der Waals surface area contributed by atoms with Gasteiger partial charge in [-0.25, -0.2) is 4.39 Å². The molecule has 1 aliphatic carbocycles. The summed E-state index contributed by atoms with van der Waals surface area (Å²) in [7, 11) is 0. The van der Waals surface area contributed by atoms with E-state index in [4.69, 9.17) is 5.73 Å². The highest BCUT2D eigenvalue weighted by molar-refractivity contribution is 5.78. The van der Waals surface area contributed by atoms with Gasteiger partial charge in [0.2, 0.25) is 5.91 Å². The van der Waals surface area contributed by atoms with Crippen molar-refractivity contribution < 1.29 is 9.18 Å². The molecule has 0 aliphatic heterocycles. The Balaban J connectivity index is 1.74. The summed E-state index contributed by atoms with van der Waals surface area (Å²) in [6, 6.07) is 6.93. The van der Waals surface area contributed by atoms with E-state index in [0.29, 0.717) is 18.5 Å². The summed E-state index contributed by atoms with van der Waals surface area (Å²) in [5.41, 5.74) is 6.46. The SMILES string of the molecule is NC1CCC(C(=O)NCCc2ccccc2F)CC1. The van der Waals surface area contributed by atoms with Crippen LogP contribution in [0.4, 0.5) is 4.39 Å². The maximum atomic E-state index is 13.4. The molecule has 0 bridgehead atoms. The molecule has 4 heteroatoms. The maximum absolute atomic E-state index is 13.4. The minimum absolute atomic E-state index is 0.0837. The van der Waals surface area contributed by atoms with Crippen LogP contribution in [0.3, 0.4) is 0 Å². The Kier molecular flexibility index (Phi) is 4.91. The molecule has 1 aromatic carbocycles. The van der Waals surface area contributed by atoms with Gasteiger partial charge in [-0.1, -0.05) is 18.2 Å². The molecular weight excluding hydrogens is 243 g/mol. The quantitative estimate of drug-likeness (QED) is 0.874. The van der Waals surface area contributed by atoms with E-state index in [9.17, 15) is 9.18 Å². The topological polar surface area (TPSA) is 55.1 Å². The van der Waals surface area contributed by atoms with Crippen molar-refractivity contribution in [1.29, 1.82) is 0 Å². The third-order valence-electron chi connectivity index (χ3n) is 3.79. The van der Waals surface area contributed by atoms with Crippen LogP contribution in [0.25, 0.3) is 0 Å². The summed E-state index contributed by atoms with van der Waals surface area (Å²) in [4.78, 5) is 11.9. The van der Waals surface area contributed by atoms with Crippen molar-refractivity contribution in [2.75, 3.05) is 6.54 Å². The van der Waals surface area contributed by atoms with E-state index < -0.39 is 0 Å². The van der Waals surface area contributed by atoms with Crippen molar-refractivity contribution in [3.8, 4) is 0 Å². The van der Waals surface area contributed by atoms with Gasteiger partial charge in [0.05, 0.1) is 0 Å². The molecule has 2 rings (SSSR count). The minimum Gasteiger partial charge on any atom is -0.356 e. The Morgan fingerprint density at radius 2 is 1.95 bits per heavy atom. The van der Waals surface area contributed by atoms with E-state index in [-0.39, 0.29) is 23.7 Å². The summed E-state index contributed by atoms with van der Waals surface area (Å²) in [6.07, 6.45) is 4.11. The first kappa shape index (κ1) is 14.0. The predicted molar refractivity (Wildman–Crippen MR) is 73.0 cm³/mol.